The highest BCUT2D eigenvalue weighted by Gasteiger charge is 2.42. The average molecular weight is 637 g/mol. The number of halogens is 4. The van der Waals surface area contributed by atoms with Crippen LogP contribution in [0.3, 0.4) is 0 Å². The summed E-state index contributed by atoms with van der Waals surface area (Å²) < 4.78 is 58.6. The average Bonchev–Trinajstić information content (AvgIpc) is 3.09. The van der Waals surface area contributed by atoms with E-state index >= 15 is 8.78 Å². The third kappa shape index (κ3) is 5.94. The molecule has 0 aliphatic rings. The van der Waals surface area contributed by atoms with Gasteiger partial charge in [0, 0.05) is 12.1 Å². The SMILES string of the molecule is Fc1cc(F)cc(-c2ccc([Si](c3ccc(-c4ccccc4)cc3)(c3ccc(-c4ccccc4)cc3)c3cc(F)cc(F)c3)cc2)c1. The van der Waals surface area contributed by atoms with E-state index in [0.29, 0.717) is 16.3 Å². The molecule has 0 unspecified atom stereocenters. The highest BCUT2D eigenvalue weighted by atomic mass is 28.3. The van der Waals surface area contributed by atoms with Crippen molar-refractivity contribution >= 4 is 28.8 Å². The van der Waals surface area contributed by atoms with Crippen LogP contribution >= 0.6 is 0 Å². The van der Waals surface area contributed by atoms with Gasteiger partial charge in [0.15, 0.2) is 8.07 Å². The summed E-state index contributed by atoms with van der Waals surface area (Å²) in [4.78, 5) is 0. The highest BCUT2D eigenvalue weighted by Crippen LogP contribution is 2.24. The van der Waals surface area contributed by atoms with Gasteiger partial charge in [0.05, 0.1) is 0 Å². The van der Waals surface area contributed by atoms with Crippen LogP contribution in [0.25, 0.3) is 33.4 Å². The van der Waals surface area contributed by atoms with E-state index in [1.54, 1.807) is 0 Å². The van der Waals surface area contributed by atoms with E-state index in [-0.39, 0.29) is 0 Å². The number of rotatable bonds is 7. The molecule has 0 spiro atoms. The first-order valence-corrected chi connectivity index (χ1v) is 17.3. The number of hydrogen-bond acceptors (Lipinski definition) is 0. The Morgan fingerprint density at radius 1 is 0.255 bits per heavy atom. The van der Waals surface area contributed by atoms with Gasteiger partial charge in [0.25, 0.3) is 0 Å². The Morgan fingerprint density at radius 2 is 0.553 bits per heavy atom. The predicted molar refractivity (Wildman–Crippen MR) is 186 cm³/mol. The molecule has 0 atom stereocenters. The molecule has 228 valence electrons. The summed E-state index contributed by atoms with van der Waals surface area (Å²) in [6.45, 7) is 0. The fourth-order valence-corrected chi connectivity index (χ4v) is 11.2. The van der Waals surface area contributed by atoms with Crippen molar-refractivity contribution < 1.29 is 17.6 Å². The molecular weight excluding hydrogens is 609 g/mol. The van der Waals surface area contributed by atoms with Crippen LogP contribution < -0.4 is 20.7 Å². The lowest BCUT2D eigenvalue weighted by Gasteiger charge is -2.35. The zero-order valence-corrected chi connectivity index (χ0v) is 26.2. The third-order valence-electron chi connectivity index (χ3n) is 8.66. The minimum absolute atomic E-state index is 0.401. The summed E-state index contributed by atoms with van der Waals surface area (Å²) in [5.74, 6) is -2.66. The summed E-state index contributed by atoms with van der Waals surface area (Å²) in [5.41, 5.74) is 5.18. The fourth-order valence-electron chi connectivity index (χ4n) is 6.49. The molecule has 0 amide bonds. The largest absolute Gasteiger partial charge is 0.207 e. The molecule has 7 aromatic rings. The van der Waals surface area contributed by atoms with Crippen molar-refractivity contribution in [2.45, 2.75) is 0 Å². The van der Waals surface area contributed by atoms with Gasteiger partial charge < -0.3 is 0 Å². The molecule has 47 heavy (non-hydrogen) atoms. The lowest BCUT2D eigenvalue weighted by Crippen LogP contribution is -2.74. The standard InChI is InChI=1S/C42H28F4Si/c43-35-23-34(24-36(44)25-35)33-15-21-41(22-16-33)47(42-27-37(45)26-38(46)28-42,39-17-11-31(12-18-39)29-7-3-1-4-8-29)40-19-13-32(14-20-40)30-9-5-2-6-10-30/h1-28H. The molecule has 0 aromatic heterocycles. The molecule has 0 heterocycles. The summed E-state index contributed by atoms with van der Waals surface area (Å²) in [7, 11) is -3.38. The second kappa shape index (κ2) is 12.7. The molecule has 0 aliphatic heterocycles. The molecule has 0 fully saturated rings. The van der Waals surface area contributed by atoms with Crippen LogP contribution in [0.15, 0.2) is 170 Å². The van der Waals surface area contributed by atoms with Gasteiger partial charge >= 0.3 is 0 Å². The second-order valence-corrected chi connectivity index (χ2v) is 15.3. The van der Waals surface area contributed by atoms with E-state index in [4.69, 9.17) is 0 Å². The Kier molecular flexibility index (Phi) is 8.15. The summed E-state index contributed by atoms with van der Waals surface area (Å²) in [6.07, 6.45) is 0. The normalized spacial score (nSPS) is 11.4. The summed E-state index contributed by atoms with van der Waals surface area (Å²) in [6, 6.07) is 51.1. The van der Waals surface area contributed by atoms with Crippen molar-refractivity contribution in [3.05, 3.63) is 193 Å². The molecule has 0 radical (unpaired) electrons. The maximum absolute atomic E-state index is 15.1. The Labute approximate surface area is 272 Å². The van der Waals surface area contributed by atoms with E-state index < -0.39 is 31.3 Å². The van der Waals surface area contributed by atoms with Gasteiger partial charge in [0.1, 0.15) is 23.3 Å². The molecule has 0 saturated carbocycles. The van der Waals surface area contributed by atoms with Crippen molar-refractivity contribution in [3.63, 3.8) is 0 Å². The van der Waals surface area contributed by atoms with Crippen LogP contribution in [0.5, 0.6) is 0 Å². The number of hydrogen-bond donors (Lipinski definition) is 0. The van der Waals surface area contributed by atoms with Crippen molar-refractivity contribution in [2.75, 3.05) is 0 Å². The first-order valence-electron chi connectivity index (χ1n) is 15.3. The predicted octanol–water partition coefficient (Wildman–Crippen LogP) is 8.62. The van der Waals surface area contributed by atoms with E-state index in [9.17, 15) is 8.78 Å². The third-order valence-corrected chi connectivity index (χ3v) is 13.4. The van der Waals surface area contributed by atoms with E-state index in [1.807, 2.05) is 109 Å². The van der Waals surface area contributed by atoms with Gasteiger partial charge in [-0.05, 0) is 78.4 Å². The maximum Gasteiger partial charge on any atom is 0.179 e. The zero-order valence-electron chi connectivity index (χ0n) is 25.2. The minimum atomic E-state index is -3.38. The smallest absolute Gasteiger partial charge is 0.179 e. The summed E-state index contributed by atoms with van der Waals surface area (Å²) in [5, 5.41) is 3.26. The minimum Gasteiger partial charge on any atom is -0.207 e. The quantitative estimate of drug-likeness (QED) is 0.0934. The van der Waals surface area contributed by atoms with Crippen molar-refractivity contribution in [1.29, 1.82) is 0 Å². The second-order valence-electron chi connectivity index (χ2n) is 11.5. The first kappa shape index (κ1) is 30.1. The fraction of sp³-hybridized carbons (Fsp3) is 0. The van der Waals surface area contributed by atoms with Gasteiger partial charge in [-0.15, -0.1) is 0 Å². The van der Waals surface area contributed by atoms with Crippen molar-refractivity contribution in [1.82, 2.24) is 0 Å². The molecular formula is C42H28F4Si. The Hall–Kier alpha value is -5.52. The van der Waals surface area contributed by atoms with Crippen LogP contribution in [-0.4, -0.2) is 8.07 Å². The Bertz CT molecular complexity index is 2020. The Morgan fingerprint density at radius 3 is 0.915 bits per heavy atom. The van der Waals surface area contributed by atoms with Crippen LogP contribution in [0.4, 0.5) is 17.6 Å². The molecule has 0 N–H and O–H groups in total. The topological polar surface area (TPSA) is 0 Å². The zero-order chi connectivity index (χ0) is 32.4. The molecule has 7 aromatic carbocycles. The molecule has 0 nitrogen and oxygen atoms in total. The monoisotopic (exact) mass is 636 g/mol. The van der Waals surface area contributed by atoms with E-state index in [0.717, 1.165) is 49.9 Å². The van der Waals surface area contributed by atoms with Gasteiger partial charge in [-0.25, -0.2) is 17.6 Å². The molecule has 7 rings (SSSR count). The van der Waals surface area contributed by atoms with Crippen LogP contribution in [-0.2, 0) is 0 Å². The number of benzene rings is 7. The lowest BCUT2D eigenvalue weighted by atomic mass is 10.1. The van der Waals surface area contributed by atoms with Gasteiger partial charge in [-0.2, -0.15) is 0 Å². The van der Waals surface area contributed by atoms with E-state index in [1.165, 1.54) is 24.3 Å². The lowest BCUT2D eigenvalue weighted by molar-refractivity contribution is 0.583. The Balaban J connectivity index is 1.48. The maximum atomic E-state index is 15.1. The molecule has 0 saturated heterocycles. The van der Waals surface area contributed by atoms with Crippen LogP contribution in [0.1, 0.15) is 0 Å². The van der Waals surface area contributed by atoms with Gasteiger partial charge in [-0.1, -0.05) is 133 Å². The highest BCUT2D eigenvalue weighted by molar-refractivity contribution is 7.19. The van der Waals surface area contributed by atoms with Crippen LogP contribution in [0, 0.1) is 23.3 Å². The molecule has 0 aliphatic carbocycles. The van der Waals surface area contributed by atoms with E-state index in [2.05, 4.69) is 24.3 Å². The van der Waals surface area contributed by atoms with Crippen molar-refractivity contribution in [3.8, 4) is 33.4 Å². The molecule has 0 bridgehead atoms. The van der Waals surface area contributed by atoms with Crippen molar-refractivity contribution in [2.24, 2.45) is 0 Å². The van der Waals surface area contributed by atoms with Gasteiger partial charge in [-0.3, -0.25) is 0 Å². The van der Waals surface area contributed by atoms with Gasteiger partial charge in [0.2, 0.25) is 0 Å². The first-order chi connectivity index (χ1) is 22.9. The summed E-state index contributed by atoms with van der Waals surface area (Å²) >= 11 is 0. The van der Waals surface area contributed by atoms with Crippen LogP contribution in [0.2, 0.25) is 0 Å². The molecule has 5 heteroatoms.